The van der Waals surface area contributed by atoms with Crippen LogP contribution in [0.2, 0.25) is 0 Å². The Hall–Kier alpha value is -2.66. The average Bonchev–Trinajstić information content (AvgIpc) is 3.35. The summed E-state index contributed by atoms with van der Waals surface area (Å²) in [6.45, 7) is 10.3. The molecule has 0 bridgehead atoms. The minimum absolute atomic E-state index is 0.0958. The van der Waals surface area contributed by atoms with E-state index in [-0.39, 0.29) is 42.3 Å². The Balaban J connectivity index is 1.51. The summed E-state index contributed by atoms with van der Waals surface area (Å²) in [6, 6.07) is 7.54. The summed E-state index contributed by atoms with van der Waals surface area (Å²) in [4.78, 5) is 24.8. The number of ether oxygens (including phenoxy) is 3. The lowest BCUT2D eigenvalue weighted by molar-refractivity contribution is -0.140. The van der Waals surface area contributed by atoms with Gasteiger partial charge in [-0.2, -0.15) is 0 Å². The third kappa shape index (κ3) is 4.67. The van der Waals surface area contributed by atoms with Crippen molar-refractivity contribution in [2.45, 2.75) is 63.3 Å². The molecule has 3 heterocycles. The normalized spacial score (nSPS) is 33.1. The van der Waals surface area contributed by atoms with Crippen molar-refractivity contribution in [3.63, 3.8) is 0 Å². The van der Waals surface area contributed by atoms with Crippen molar-refractivity contribution >= 4 is 11.9 Å². The molecule has 5 nitrogen and oxygen atoms in total. The molecule has 0 N–H and O–H groups in total. The Morgan fingerprint density at radius 2 is 1.90 bits per heavy atom. The van der Waals surface area contributed by atoms with E-state index in [9.17, 15) is 9.59 Å². The highest BCUT2D eigenvalue weighted by atomic mass is 16.6. The third-order valence-corrected chi connectivity index (χ3v) is 6.59. The second-order valence-electron chi connectivity index (χ2n) is 8.94. The van der Waals surface area contributed by atoms with Crippen LogP contribution >= 0.6 is 0 Å². The second-order valence-corrected chi connectivity index (χ2v) is 8.94. The van der Waals surface area contributed by atoms with Crippen LogP contribution in [0.4, 0.5) is 0 Å². The first-order valence-electron chi connectivity index (χ1n) is 11.0. The molecule has 0 aromatic heterocycles. The molecule has 0 unspecified atom stereocenters. The van der Waals surface area contributed by atoms with Crippen LogP contribution in [0.5, 0.6) is 0 Å². The van der Waals surface area contributed by atoms with E-state index < -0.39 is 0 Å². The topological polar surface area (TPSA) is 65.1 Å². The highest BCUT2D eigenvalue weighted by Crippen LogP contribution is 2.49. The Morgan fingerprint density at radius 1 is 1.10 bits per heavy atom. The molecule has 0 saturated carbocycles. The third-order valence-electron chi connectivity index (χ3n) is 6.59. The zero-order valence-electron chi connectivity index (χ0n) is 18.1. The van der Waals surface area contributed by atoms with Crippen LogP contribution in [0, 0.1) is 5.92 Å². The SMILES string of the molecule is C=C1CC[C@H]2C(=C)C(=O)O[C@H]2[C@@H]2O[C@]2(C)CCC/C=C\Cc2ccccc2C(=O)OC1. The molecular weight excluding hydrogens is 392 g/mol. The van der Waals surface area contributed by atoms with Crippen molar-refractivity contribution in [2.24, 2.45) is 5.92 Å². The summed E-state index contributed by atoms with van der Waals surface area (Å²) >= 11 is 0. The fourth-order valence-electron chi connectivity index (χ4n) is 4.59. The highest BCUT2D eigenvalue weighted by molar-refractivity contribution is 5.91. The van der Waals surface area contributed by atoms with Crippen LogP contribution in [0.1, 0.15) is 54.9 Å². The highest BCUT2D eigenvalue weighted by Gasteiger charge is 2.61. The number of epoxide rings is 1. The quantitative estimate of drug-likeness (QED) is 0.262. The molecule has 31 heavy (non-hydrogen) atoms. The molecule has 3 aliphatic rings. The van der Waals surface area contributed by atoms with Crippen molar-refractivity contribution < 1.29 is 23.8 Å². The van der Waals surface area contributed by atoms with Crippen LogP contribution in [0.25, 0.3) is 0 Å². The number of allylic oxidation sites excluding steroid dienone is 2. The standard InChI is InChI=1S/C26H30O5/c1-17-13-14-20-18(2)24(27)30-22(20)23-26(3,31-23)15-9-5-4-6-10-19-11-7-8-12-21(19)25(28)29-16-17/h4,6-8,11-12,20,22-23H,1-2,5,9-10,13-16H2,3H3/b6-4-/t20-,22+,23-,26+/m0/s1. The van der Waals surface area contributed by atoms with Gasteiger partial charge in [0.2, 0.25) is 0 Å². The summed E-state index contributed by atoms with van der Waals surface area (Å²) in [5.41, 5.74) is 2.59. The van der Waals surface area contributed by atoms with E-state index in [0.29, 0.717) is 30.4 Å². The largest absolute Gasteiger partial charge is 0.458 e. The molecule has 4 atom stereocenters. The Labute approximate surface area is 183 Å². The van der Waals surface area contributed by atoms with Gasteiger partial charge in [-0.05, 0) is 62.7 Å². The molecule has 5 heteroatoms. The van der Waals surface area contributed by atoms with Crippen molar-refractivity contribution in [1.29, 1.82) is 0 Å². The van der Waals surface area contributed by atoms with Gasteiger partial charge >= 0.3 is 11.9 Å². The van der Waals surface area contributed by atoms with Gasteiger partial charge in [0.25, 0.3) is 0 Å². The van der Waals surface area contributed by atoms with E-state index in [4.69, 9.17) is 14.2 Å². The second kappa shape index (κ2) is 8.83. The molecule has 4 rings (SSSR count). The van der Waals surface area contributed by atoms with Gasteiger partial charge in [0.1, 0.15) is 18.8 Å². The van der Waals surface area contributed by atoms with Gasteiger partial charge in [0, 0.05) is 11.5 Å². The summed E-state index contributed by atoms with van der Waals surface area (Å²) in [5, 5.41) is 0. The van der Waals surface area contributed by atoms with Crippen molar-refractivity contribution in [3.8, 4) is 0 Å². The summed E-state index contributed by atoms with van der Waals surface area (Å²) in [5.74, 6) is -0.781. The van der Waals surface area contributed by atoms with Gasteiger partial charge in [0.05, 0.1) is 11.2 Å². The number of benzene rings is 1. The smallest absolute Gasteiger partial charge is 0.338 e. The van der Waals surface area contributed by atoms with Crippen molar-refractivity contribution in [1.82, 2.24) is 0 Å². The Bertz CT molecular complexity index is 929. The van der Waals surface area contributed by atoms with Crippen LogP contribution in [0.15, 0.2) is 60.7 Å². The monoisotopic (exact) mass is 422 g/mol. The number of hydrogen-bond acceptors (Lipinski definition) is 5. The van der Waals surface area contributed by atoms with Gasteiger partial charge in [0.15, 0.2) is 0 Å². The number of rotatable bonds is 0. The number of carbonyl (C=O) groups excluding carboxylic acids is 2. The van der Waals surface area contributed by atoms with Crippen LogP contribution < -0.4 is 0 Å². The molecule has 164 valence electrons. The summed E-state index contributed by atoms with van der Waals surface area (Å²) < 4.78 is 17.2. The van der Waals surface area contributed by atoms with E-state index in [1.54, 1.807) is 6.07 Å². The van der Waals surface area contributed by atoms with E-state index in [0.717, 1.165) is 30.4 Å². The predicted octanol–water partition coefficient (Wildman–Crippen LogP) is 4.72. The molecule has 3 aliphatic heterocycles. The zero-order chi connectivity index (χ0) is 22.0. The molecule has 2 fully saturated rings. The number of carbonyl (C=O) groups is 2. The zero-order valence-corrected chi connectivity index (χ0v) is 18.1. The lowest BCUT2D eigenvalue weighted by atomic mass is 9.85. The first-order chi connectivity index (χ1) is 14.9. The number of hydrogen-bond donors (Lipinski definition) is 0. The molecule has 1 aromatic carbocycles. The Kier molecular flexibility index (Phi) is 6.15. The Morgan fingerprint density at radius 3 is 2.74 bits per heavy atom. The fraction of sp³-hybridized carbons (Fsp3) is 0.462. The maximum atomic E-state index is 12.6. The lowest BCUT2D eigenvalue weighted by Gasteiger charge is -2.18. The molecule has 0 radical (unpaired) electrons. The maximum absolute atomic E-state index is 12.6. The molecule has 1 aromatic rings. The number of esters is 2. The fourth-order valence-corrected chi connectivity index (χ4v) is 4.59. The van der Waals surface area contributed by atoms with E-state index in [2.05, 4.69) is 32.2 Å². The average molecular weight is 423 g/mol. The van der Waals surface area contributed by atoms with E-state index in [1.165, 1.54) is 0 Å². The molecule has 0 spiro atoms. The molecule has 0 amide bonds. The van der Waals surface area contributed by atoms with E-state index >= 15 is 0 Å². The summed E-state index contributed by atoms with van der Waals surface area (Å²) in [6.07, 6.45) is 8.64. The maximum Gasteiger partial charge on any atom is 0.338 e. The van der Waals surface area contributed by atoms with E-state index in [1.807, 2.05) is 18.2 Å². The van der Waals surface area contributed by atoms with Gasteiger partial charge < -0.3 is 14.2 Å². The predicted molar refractivity (Wildman–Crippen MR) is 118 cm³/mol. The minimum atomic E-state index is -0.338. The minimum Gasteiger partial charge on any atom is -0.458 e. The van der Waals surface area contributed by atoms with Crippen LogP contribution in [-0.2, 0) is 25.4 Å². The first kappa shape index (κ1) is 21.6. The molecular formula is C26H30O5. The number of fused-ring (bicyclic) bond motifs is 4. The van der Waals surface area contributed by atoms with Gasteiger partial charge in [-0.15, -0.1) is 0 Å². The van der Waals surface area contributed by atoms with Gasteiger partial charge in [-0.3, -0.25) is 0 Å². The van der Waals surface area contributed by atoms with Gasteiger partial charge in [-0.25, -0.2) is 9.59 Å². The van der Waals surface area contributed by atoms with Crippen LogP contribution in [-0.4, -0.2) is 36.4 Å². The first-order valence-corrected chi connectivity index (χ1v) is 11.0. The van der Waals surface area contributed by atoms with Crippen LogP contribution in [0.3, 0.4) is 0 Å². The molecule has 2 saturated heterocycles. The van der Waals surface area contributed by atoms with Crippen molar-refractivity contribution in [2.75, 3.05) is 6.61 Å². The molecule has 0 aliphatic carbocycles. The van der Waals surface area contributed by atoms with Gasteiger partial charge in [-0.1, -0.05) is 43.5 Å². The van der Waals surface area contributed by atoms with Crippen molar-refractivity contribution in [3.05, 3.63) is 71.8 Å². The summed E-state index contributed by atoms with van der Waals surface area (Å²) in [7, 11) is 0. The lowest BCUT2D eigenvalue weighted by Crippen LogP contribution is -2.28. The number of cyclic esters (lactones) is 1.